The van der Waals surface area contributed by atoms with Gasteiger partial charge in [-0.3, -0.25) is 0 Å². The molecule has 3 aliphatic rings. The van der Waals surface area contributed by atoms with Crippen LogP contribution in [0.25, 0.3) is 0 Å². The zero-order chi connectivity index (χ0) is 12.6. The molecule has 17 heavy (non-hydrogen) atoms. The number of hydrogen-bond acceptors (Lipinski definition) is 2. The highest BCUT2D eigenvalue weighted by Crippen LogP contribution is 2.75. The molecule has 3 aliphatic carbocycles. The van der Waals surface area contributed by atoms with Crippen LogP contribution in [0.15, 0.2) is 0 Å². The summed E-state index contributed by atoms with van der Waals surface area (Å²) in [4.78, 5) is 0. The van der Waals surface area contributed by atoms with Gasteiger partial charge in [-0.1, -0.05) is 20.8 Å². The van der Waals surface area contributed by atoms with Gasteiger partial charge in [0, 0.05) is 5.41 Å². The van der Waals surface area contributed by atoms with E-state index in [4.69, 9.17) is 0 Å². The fourth-order valence-electron chi connectivity index (χ4n) is 5.99. The van der Waals surface area contributed by atoms with Crippen molar-refractivity contribution in [2.75, 3.05) is 0 Å². The van der Waals surface area contributed by atoms with Gasteiger partial charge in [-0.15, -0.1) is 0 Å². The molecule has 3 saturated carbocycles. The molecule has 0 unspecified atom stereocenters. The number of aliphatic hydroxyl groups excluding tert-OH is 1. The maximum Gasteiger partial charge on any atom is 0.0941 e. The summed E-state index contributed by atoms with van der Waals surface area (Å²) in [5.74, 6) is 1.90. The fraction of sp³-hybridized carbons (Fsp3) is 1.00. The highest BCUT2D eigenvalue weighted by molar-refractivity contribution is 5.23. The van der Waals surface area contributed by atoms with Crippen LogP contribution in [0.5, 0.6) is 0 Å². The Balaban J connectivity index is 2.18. The van der Waals surface area contributed by atoms with E-state index >= 15 is 0 Å². The third-order valence-corrected chi connectivity index (χ3v) is 7.08. The van der Waals surface area contributed by atoms with Crippen molar-refractivity contribution in [2.24, 2.45) is 28.6 Å². The average molecular weight is 238 g/mol. The first kappa shape index (κ1) is 12.0. The molecule has 0 aromatic rings. The van der Waals surface area contributed by atoms with Crippen molar-refractivity contribution >= 4 is 0 Å². The van der Waals surface area contributed by atoms with E-state index in [0.717, 1.165) is 12.8 Å². The Kier molecular flexibility index (Phi) is 2.17. The van der Waals surface area contributed by atoms with E-state index in [1.54, 1.807) is 0 Å². The molecule has 3 fully saturated rings. The summed E-state index contributed by atoms with van der Waals surface area (Å²) in [7, 11) is 0. The first-order valence-electron chi connectivity index (χ1n) is 7.15. The molecule has 2 heteroatoms. The molecule has 6 atom stereocenters. The molecule has 0 saturated heterocycles. The Morgan fingerprint density at radius 2 is 1.76 bits per heavy atom. The van der Waals surface area contributed by atoms with E-state index in [9.17, 15) is 10.2 Å². The van der Waals surface area contributed by atoms with Gasteiger partial charge in [-0.05, 0) is 55.8 Å². The lowest BCUT2D eigenvalue weighted by atomic mass is 9.49. The van der Waals surface area contributed by atoms with E-state index < -0.39 is 11.7 Å². The molecule has 0 aromatic carbocycles. The van der Waals surface area contributed by atoms with Crippen LogP contribution in [-0.2, 0) is 0 Å². The fourth-order valence-corrected chi connectivity index (χ4v) is 5.99. The van der Waals surface area contributed by atoms with Crippen LogP contribution in [-0.4, -0.2) is 21.9 Å². The predicted octanol–water partition coefficient (Wildman–Crippen LogP) is 2.58. The molecule has 0 amide bonds. The lowest BCUT2D eigenvalue weighted by Crippen LogP contribution is -2.64. The molecule has 0 aromatic heterocycles. The van der Waals surface area contributed by atoms with Crippen LogP contribution < -0.4 is 0 Å². The van der Waals surface area contributed by atoms with Crippen LogP contribution >= 0.6 is 0 Å². The van der Waals surface area contributed by atoms with Crippen molar-refractivity contribution in [3.63, 3.8) is 0 Å². The van der Waals surface area contributed by atoms with Gasteiger partial charge in [0.15, 0.2) is 0 Å². The molecule has 0 radical (unpaired) electrons. The monoisotopic (exact) mass is 238 g/mol. The molecule has 1 spiro atoms. The summed E-state index contributed by atoms with van der Waals surface area (Å²) in [5.41, 5.74) is -0.786. The Hall–Kier alpha value is -0.0800. The highest BCUT2D eigenvalue weighted by atomic mass is 16.3. The smallest absolute Gasteiger partial charge is 0.0941 e. The molecule has 0 heterocycles. The summed E-state index contributed by atoms with van der Waals surface area (Å²) in [6.07, 6.45) is 3.76. The molecule has 2 N–H and O–H groups in total. The summed E-state index contributed by atoms with van der Waals surface area (Å²) < 4.78 is 0. The van der Waals surface area contributed by atoms with E-state index in [1.807, 2.05) is 6.92 Å². The summed E-state index contributed by atoms with van der Waals surface area (Å²) >= 11 is 0. The third-order valence-electron chi connectivity index (χ3n) is 7.08. The molecular formula is C15H26O2. The highest BCUT2D eigenvalue weighted by Gasteiger charge is 2.74. The van der Waals surface area contributed by atoms with Crippen LogP contribution in [0.4, 0.5) is 0 Å². The molecular weight excluding hydrogens is 212 g/mol. The van der Waals surface area contributed by atoms with Crippen molar-refractivity contribution in [3.8, 4) is 0 Å². The molecule has 2 nitrogen and oxygen atoms in total. The first-order chi connectivity index (χ1) is 7.75. The van der Waals surface area contributed by atoms with Crippen molar-refractivity contribution in [1.29, 1.82) is 0 Å². The molecule has 98 valence electrons. The zero-order valence-electron chi connectivity index (χ0n) is 11.5. The lowest BCUT2D eigenvalue weighted by Gasteiger charge is -2.58. The number of rotatable bonds is 0. The van der Waals surface area contributed by atoms with E-state index in [2.05, 4.69) is 20.8 Å². The quantitative estimate of drug-likeness (QED) is 0.681. The first-order valence-corrected chi connectivity index (χ1v) is 7.15. The molecule has 2 bridgehead atoms. The number of hydrogen-bond donors (Lipinski definition) is 2. The minimum Gasteiger partial charge on any atom is -0.390 e. The van der Waals surface area contributed by atoms with Crippen LogP contribution in [0.2, 0.25) is 0 Å². The molecule has 3 rings (SSSR count). The topological polar surface area (TPSA) is 40.5 Å². The second-order valence-corrected chi connectivity index (χ2v) is 7.65. The normalized spacial score (nSPS) is 60.4. The van der Waals surface area contributed by atoms with Gasteiger partial charge >= 0.3 is 0 Å². The van der Waals surface area contributed by atoms with Gasteiger partial charge in [-0.2, -0.15) is 0 Å². The van der Waals surface area contributed by atoms with Crippen LogP contribution in [0.3, 0.4) is 0 Å². The van der Waals surface area contributed by atoms with E-state index in [0.29, 0.717) is 17.8 Å². The van der Waals surface area contributed by atoms with Crippen molar-refractivity contribution in [3.05, 3.63) is 0 Å². The van der Waals surface area contributed by atoms with Gasteiger partial charge in [0.1, 0.15) is 0 Å². The van der Waals surface area contributed by atoms with Gasteiger partial charge in [-0.25, -0.2) is 0 Å². The van der Waals surface area contributed by atoms with Gasteiger partial charge in [0.25, 0.3) is 0 Å². The van der Waals surface area contributed by atoms with Crippen molar-refractivity contribution in [1.82, 2.24) is 0 Å². The Labute approximate surface area is 104 Å². The molecule has 0 aliphatic heterocycles. The summed E-state index contributed by atoms with van der Waals surface area (Å²) in [5, 5.41) is 21.3. The number of aliphatic hydroxyl groups is 2. The maximum absolute atomic E-state index is 11.0. The second-order valence-electron chi connectivity index (χ2n) is 7.65. The van der Waals surface area contributed by atoms with Gasteiger partial charge < -0.3 is 10.2 Å². The Bertz CT molecular complexity index is 347. The van der Waals surface area contributed by atoms with Crippen molar-refractivity contribution < 1.29 is 10.2 Å². The summed E-state index contributed by atoms with van der Waals surface area (Å²) in [6.45, 7) is 8.89. The van der Waals surface area contributed by atoms with Gasteiger partial charge in [0.05, 0.1) is 11.7 Å². The van der Waals surface area contributed by atoms with Gasteiger partial charge in [0.2, 0.25) is 0 Å². The minimum absolute atomic E-state index is 0.0538. The van der Waals surface area contributed by atoms with E-state index in [1.165, 1.54) is 12.8 Å². The number of fused-ring (bicyclic) bond motifs is 1. The Morgan fingerprint density at radius 1 is 1.12 bits per heavy atom. The largest absolute Gasteiger partial charge is 0.390 e. The maximum atomic E-state index is 11.0. The lowest BCUT2D eigenvalue weighted by molar-refractivity contribution is -0.224. The predicted molar refractivity (Wildman–Crippen MR) is 67.5 cm³/mol. The standard InChI is InChI=1S/C15H26O2/c1-9-5-6-15-11(9)7-10(13(15,2)3)8-12(16)14(15,4)17/h9-12,16-17H,5-8H2,1-4H3/t9-,10+,11+,12-,14+,15+/m0/s1. The average Bonchev–Trinajstić information content (AvgIpc) is 2.62. The van der Waals surface area contributed by atoms with Crippen molar-refractivity contribution in [2.45, 2.75) is 65.1 Å². The summed E-state index contributed by atoms with van der Waals surface area (Å²) in [6, 6.07) is 0. The SMILES string of the molecule is C[C@H]1CC[C@]23[C@@H]1C[C@H](C[C@H](O)[C@@]2(C)O)C3(C)C. The zero-order valence-corrected chi connectivity index (χ0v) is 11.5. The second kappa shape index (κ2) is 3.08. The minimum atomic E-state index is -0.904. The van der Waals surface area contributed by atoms with E-state index in [-0.39, 0.29) is 10.8 Å². The van der Waals surface area contributed by atoms with Crippen LogP contribution in [0.1, 0.15) is 53.4 Å². The Morgan fingerprint density at radius 3 is 2.41 bits per heavy atom. The van der Waals surface area contributed by atoms with Crippen LogP contribution in [0, 0.1) is 28.6 Å². The third kappa shape index (κ3) is 1.06.